The Bertz CT molecular complexity index is 954. The lowest BCUT2D eigenvalue weighted by Gasteiger charge is -2.36. The van der Waals surface area contributed by atoms with Crippen molar-refractivity contribution in [3.05, 3.63) is 0 Å². The Morgan fingerprint density at radius 3 is 1.78 bits per heavy atom. The Balaban J connectivity index is 5.94. The van der Waals surface area contributed by atoms with E-state index in [1.54, 1.807) is 20.9 Å². The second-order valence-corrected chi connectivity index (χ2v) is 10.7. The largest absolute Gasteiger partial charge is 0.342 e. The Kier molecular flexibility index (Phi) is 16.3. The normalized spacial score (nSPS) is 13.0. The van der Waals surface area contributed by atoms with Crippen molar-refractivity contribution in [1.82, 2.24) is 36.0 Å². The van der Waals surface area contributed by atoms with E-state index in [1.165, 1.54) is 23.9 Å². The summed E-state index contributed by atoms with van der Waals surface area (Å²) >= 11 is 0. The smallest absolute Gasteiger partial charge is 0.331 e. The lowest BCUT2D eigenvalue weighted by Crippen LogP contribution is -2.60. The van der Waals surface area contributed by atoms with E-state index in [4.69, 9.17) is 0 Å². The van der Waals surface area contributed by atoms with Gasteiger partial charge in [-0.05, 0) is 31.1 Å². The molecule has 0 aliphatic heterocycles. The number of imide groups is 3. The van der Waals surface area contributed by atoms with Gasteiger partial charge in [0.2, 0.25) is 17.7 Å². The molecule has 41 heavy (non-hydrogen) atoms. The molecule has 0 fully saturated rings. The van der Waals surface area contributed by atoms with Gasteiger partial charge in [0, 0.05) is 34.6 Å². The van der Waals surface area contributed by atoms with Crippen LogP contribution in [-0.4, -0.2) is 103 Å². The van der Waals surface area contributed by atoms with Crippen molar-refractivity contribution in [2.45, 2.75) is 91.8 Å². The summed E-state index contributed by atoms with van der Waals surface area (Å²) in [4.78, 5) is 91.9. The third-order valence-electron chi connectivity index (χ3n) is 6.52. The number of likely N-dealkylation sites (N-methyl/N-ethyl adjacent to an activating group) is 3. The quantitative estimate of drug-likeness (QED) is 0.255. The third kappa shape index (κ3) is 11.7. The number of urea groups is 3. The lowest BCUT2D eigenvalue weighted by molar-refractivity contribution is -0.148. The maximum atomic E-state index is 13.6. The first-order chi connectivity index (χ1) is 19.0. The predicted octanol–water partition coefficient (Wildman–Crippen LogP) is 1.64. The van der Waals surface area contributed by atoms with Crippen LogP contribution in [0.2, 0.25) is 0 Å². The minimum atomic E-state index is -1.17. The first-order valence-electron chi connectivity index (χ1n) is 14.0. The molecule has 0 spiro atoms. The highest BCUT2D eigenvalue weighted by molar-refractivity contribution is 6.06. The van der Waals surface area contributed by atoms with Crippen LogP contribution in [0.3, 0.4) is 0 Å². The molecular formula is C27H49N7O7. The molecule has 0 aliphatic carbocycles. The average Bonchev–Trinajstić information content (AvgIpc) is 2.90. The monoisotopic (exact) mass is 583 g/mol. The fourth-order valence-corrected chi connectivity index (χ4v) is 4.05. The fraction of sp³-hybridized carbons (Fsp3) is 0.741. The lowest BCUT2D eigenvalue weighted by atomic mass is 9.98. The molecule has 0 aliphatic rings. The van der Waals surface area contributed by atoms with E-state index in [1.807, 2.05) is 38.3 Å². The Labute approximate surface area is 243 Å². The van der Waals surface area contributed by atoms with Crippen molar-refractivity contribution in [3.8, 4) is 0 Å². The van der Waals surface area contributed by atoms with Crippen LogP contribution in [-0.2, 0) is 19.2 Å². The highest BCUT2D eigenvalue weighted by Crippen LogP contribution is 2.18. The predicted molar refractivity (Wildman–Crippen MR) is 153 cm³/mol. The summed E-state index contributed by atoms with van der Waals surface area (Å²) < 4.78 is 0. The number of hydrogen-bond donors (Lipinski definition) is 4. The molecule has 10 amide bonds. The molecule has 14 heteroatoms. The number of nitrogens with one attached hydrogen (secondary N) is 4. The van der Waals surface area contributed by atoms with Crippen LogP contribution in [0.15, 0.2) is 0 Å². The molecule has 0 heterocycles. The summed E-state index contributed by atoms with van der Waals surface area (Å²) in [6.45, 7) is 10.9. The number of amides is 10. The molecule has 0 aromatic carbocycles. The highest BCUT2D eigenvalue weighted by Gasteiger charge is 2.37. The number of carbonyl (C=O) groups is 7. The third-order valence-corrected chi connectivity index (χ3v) is 6.52. The number of rotatable bonds is 13. The van der Waals surface area contributed by atoms with Gasteiger partial charge in [-0.3, -0.25) is 34.7 Å². The fourth-order valence-electron chi connectivity index (χ4n) is 4.05. The van der Waals surface area contributed by atoms with Crippen molar-refractivity contribution in [3.63, 3.8) is 0 Å². The van der Waals surface area contributed by atoms with Crippen LogP contribution in [0.1, 0.15) is 73.6 Å². The molecule has 3 atom stereocenters. The number of nitrogens with zero attached hydrogens (tertiary/aromatic N) is 3. The van der Waals surface area contributed by atoms with E-state index in [9.17, 15) is 33.6 Å². The summed E-state index contributed by atoms with van der Waals surface area (Å²) in [5.74, 6) is -2.40. The van der Waals surface area contributed by atoms with Crippen LogP contribution in [0.5, 0.6) is 0 Å². The zero-order valence-electron chi connectivity index (χ0n) is 26.1. The molecule has 0 rings (SSSR count). The average molecular weight is 584 g/mol. The topological polar surface area (TPSA) is 177 Å². The maximum Gasteiger partial charge on any atom is 0.331 e. The summed E-state index contributed by atoms with van der Waals surface area (Å²) in [6.07, 6.45) is 2.30. The van der Waals surface area contributed by atoms with Gasteiger partial charge < -0.3 is 20.4 Å². The maximum absolute atomic E-state index is 13.6. The van der Waals surface area contributed by atoms with Gasteiger partial charge in [-0.2, -0.15) is 0 Å². The Morgan fingerprint density at radius 2 is 1.32 bits per heavy atom. The first-order valence-corrected chi connectivity index (χ1v) is 14.0. The van der Waals surface area contributed by atoms with Crippen molar-refractivity contribution in [1.29, 1.82) is 0 Å². The van der Waals surface area contributed by atoms with Crippen molar-refractivity contribution >= 4 is 41.7 Å². The van der Waals surface area contributed by atoms with E-state index < -0.39 is 54.0 Å². The summed E-state index contributed by atoms with van der Waals surface area (Å²) in [7, 11) is 5.51. The number of carbonyl (C=O) groups excluding carboxylic acids is 7. The number of hydrogen-bond acceptors (Lipinski definition) is 7. The molecule has 0 aromatic heterocycles. The van der Waals surface area contributed by atoms with Crippen LogP contribution < -0.4 is 21.3 Å². The zero-order valence-corrected chi connectivity index (χ0v) is 26.1. The SMILES string of the molecule is CCCC(=O)N(C)[C@H](CCC)C(=O)N(C)[C@@H](CC(C)C)C(=O)N[C@H](C(=O)N(C)C(=O)NC(=O)NC(=O)NC)C(C)C. The molecule has 14 nitrogen and oxygen atoms in total. The molecule has 0 aromatic rings. The minimum Gasteiger partial charge on any atom is -0.342 e. The van der Waals surface area contributed by atoms with Gasteiger partial charge in [-0.1, -0.05) is 48.0 Å². The molecule has 0 saturated carbocycles. The molecule has 234 valence electrons. The van der Waals surface area contributed by atoms with Crippen LogP contribution in [0, 0.1) is 11.8 Å². The van der Waals surface area contributed by atoms with Gasteiger partial charge in [-0.15, -0.1) is 0 Å². The van der Waals surface area contributed by atoms with Crippen molar-refractivity contribution in [2.75, 3.05) is 28.2 Å². The van der Waals surface area contributed by atoms with E-state index >= 15 is 0 Å². The zero-order chi connectivity index (χ0) is 32.0. The van der Waals surface area contributed by atoms with Gasteiger partial charge in [0.15, 0.2) is 0 Å². The molecule has 0 unspecified atom stereocenters. The summed E-state index contributed by atoms with van der Waals surface area (Å²) in [6, 6.07) is -5.97. The Morgan fingerprint density at radius 1 is 0.732 bits per heavy atom. The van der Waals surface area contributed by atoms with Crippen LogP contribution >= 0.6 is 0 Å². The second-order valence-electron chi connectivity index (χ2n) is 10.7. The molecular weight excluding hydrogens is 534 g/mol. The van der Waals surface area contributed by atoms with Gasteiger partial charge >= 0.3 is 18.1 Å². The summed E-state index contributed by atoms with van der Waals surface area (Å²) in [5.41, 5.74) is 0. The second kappa shape index (κ2) is 17.9. The van der Waals surface area contributed by atoms with Crippen LogP contribution in [0.25, 0.3) is 0 Å². The first kappa shape index (κ1) is 37.3. The Hall–Kier alpha value is -3.71. The minimum absolute atomic E-state index is 0.00515. The van der Waals surface area contributed by atoms with Crippen molar-refractivity contribution in [2.24, 2.45) is 11.8 Å². The van der Waals surface area contributed by atoms with E-state index in [2.05, 4.69) is 10.6 Å². The van der Waals surface area contributed by atoms with E-state index in [0.717, 1.165) is 7.05 Å². The molecule has 0 saturated heterocycles. The van der Waals surface area contributed by atoms with Crippen LogP contribution in [0.4, 0.5) is 14.4 Å². The summed E-state index contributed by atoms with van der Waals surface area (Å²) in [5, 5.41) is 8.54. The van der Waals surface area contributed by atoms with Gasteiger partial charge in [-0.25, -0.2) is 14.4 Å². The molecule has 0 bridgehead atoms. The van der Waals surface area contributed by atoms with Crippen molar-refractivity contribution < 1.29 is 33.6 Å². The molecule has 0 radical (unpaired) electrons. The van der Waals surface area contributed by atoms with Gasteiger partial charge in [0.25, 0.3) is 5.91 Å². The highest BCUT2D eigenvalue weighted by atomic mass is 16.2. The van der Waals surface area contributed by atoms with E-state index in [-0.39, 0.29) is 24.2 Å². The van der Waals surface area contributed by atoms with Gasteiger partial charge in [0.05, 0.1) is 0 Å². The van der Waals surface area contributed by atoms with Gasteiger partial charge in [0.1, 0.15) is 18.1 Å². The molecule has 4 N–H and O–H groups in total. The standard InChI is InChI=1S/C27H49N7O7/c1-11-13-18(32(8)20(35)14-12-2)23(37)33(9)19(15-16(3)4)22(36)29-21(17(5)6)24(38)34(10)27(41)31-26(40)30-25(39)28-7/h16-19,21H,11-15H2,1-10H3,(H,29,36)(H3,28,30,31,39,40,41)/t18-,19+,21+/m1/s1. The van der Waals surface area contributed by atoms with E-state index in [0.29, 0.717) is 30.6 Å².